The molecule has 2 rings (SSSR count). The van der Waals surface area contributed by atoms with E-state index in [0.717, 1.165) is 18.2 Å². The summed E-state index contributed by atoms with van der Waals surface area (Å²) in [6, 6.07) is 9.13. The lowest BCUT2D eigenvalue weighted by molar-refractivity contribution is -0.274. The molecule has 0 spiro atoms. The van der Waals surface area contributed by atoms with E-state index in [1.165, 1.54) is 36.4 Å². The Hall–Kier alpha value is -2.83. The summed E-state index contributed by atoms with van der Waals surface area (Å²) in [6.07, 6.45) is -3.15. The van der Waals surface area contributed by atoms with Crippen molar-refractivity contribution in [2.24, 2.45) is 0 Å². The maximum atomic E-state index is 14.4. The Morgan fingerprint density at radius 3 is 2.35 bits per heavy atom. The fraction of sp³-hybridized carbons (Fsp3) is 0.0625. The van der Waals surface area contributed by atoms with Gasteiger partial charge in [-0.05, 0) is 12.1 Å². The highest BCUT2D eigenvalue weighted by atomic mass is 19.4. The first kappa shape index (κ1) is 16.5. The molecule has 0 aliphatic heterocycles. The number of halogens is 4. The van der Waals surface area contributed by atoms with Crippen molar-refractivity contribution in [2.75, 3.05) is 0 Å². The van der Waals surface area contributed by atoms with Gasteiger partial charge in [0.25, 0.3) is 0 Å². The van der Waals surface area contributed by atoms with Crippen LogP contribution in [-0.2, 0) is 4.79 Å². The third kappa shape index (κ3) is 4.32. The van der Waals surface area contributed by atoms with Crippen molar-refractivity contribution in [2.45, 2.75) is 6.36 Å². The van der Waals surface area contributed by atoms with E-state index in [1.54, 1.807) is 0 Å². The van der Waals surface area contributed by atoms with Crippen molar-refractivity contribution in [1.82, 2.24) is 0 Å². The molecule has 0 atom stereocenters. The van der Waals surface area contributed by atoms with E-state index in [0.29, 0.717) is 0 Å². The van der Waals surface area contributed by atoms with Crippen molar-refractivity contribution in [3.63, 3.8) is 0 Å². The van der Waals surface area contributed by atoms with Crippen LogP contribution in [0, 0.1) is 5.82 Å². The van der Waals surface area contributed by atoms with Gasteiger partial charge in [0.05, 0.1) is 0 Å². The predicted molar refractivity (Wildman–Crippen MR) is 75.2 cm³/mol. The van der Waals surface area contributed by atoms with Crippen LogP contribution < -0.4 is 4.74 Å². The molecule has 0 aliphatic carbocycles. The van der Waals surface area contributed by atoms with Gasteiger partial charge in [0.1, 0.15) is 11.6 Å². The van der Waals surface area contributed by atoms with Gasteiger partial charge in [-0.15, -0.1) is 13.2 Å². The maximum absolute atomic E-state index is 14.4. The molecule has 0 fully saturated rings. The van der Waals surface area contributed by atoms with E-state index in [4.69, 9.17) is 5.11 Å². The largest absolute Gasteiger partial charge is 0.573 e. The normalized spacial score (nSPS) is 11.7. The zero-order chi connectivity index (χ0) is 17.0. The summed E-state index contributed by atoms with van der Waals surface area (Å²) in [5.74, 6) is -2.66. The smallest absolute Gasteiger partial charge is 0.478 e. The SMILES string of the molecule is O=C(O)/C=C/c1cccc(-c2ccccc2OC(F)(F)F)c1F. The first-order chi connectivity index (χ1) is 10.8. The lowest BCUT2D eigenvalue weighted by Crippen LogP contribution is -2.17. The van der Waals surface area contributed by atoms with Crippen LogP contribution in [0.15, 0.2) is 48.5 Å². The molecule has 0 aromatic heterocycles. The average Bonchev–Trinajstić information content (AvgIpc) is 2.45. The van der Waals surface area contributed by atoms with Gasteiger partial charge >= 0.3 is 12.3 Å². The number of benzene rings is 2. The summed E-state index contributed by atoms with van der Waals surface area (Å²) >= 11 is 0. The molecular formula is C16H10F4O3. The molecule has 0 saturated carbocycles. The molecule has 3 nitrogen and oxygen atoms in total. The Kier molecular flexibility index (Phi) is 4.68. The molecule has 2 aromatic rings. The number of carbonyl (C=O) groups is 1. The van der Waals surface area contributed by atoms with Crippen LogP contribution in [0.1, 0.15) is 5.56 Å². The Morgan fingerprint density at radius 2 is 1.70 bits per heavy atom. The van der Waals surface area contributed by atoms with Crippen molar-refractivity contribution < 1.29 is 32.2 Å². The number of ether oxygens (including phenoxy) is 1. The highest BCUT2D eigenvalue weighted by molar-refractivity contribution is 5.86. The van der Waals surface area contributed by atoms with E-state index in [9.17, 15) is 22.4 Å². The fourth-order valence-electron chi connectivity index (χ4n) is 1.95. The zero-order valence-electron chi connectivity index (χ0n) is 11.5. The molecule has 0 unspecified atom stereocenters. The van der Waals surface area contributed by atoms with E-state index in [-0.39, 0.29) is 16.7 Å². The molecule has 0 bridgehead atoms. The summed E-state index contributed by atoms with van der Waals surface area (Å²) in [5.41, 5.74) is -0.281. The summed E-state index contributed by atoms with van der Waals surface area (Å²) in [5, 5.41) is 8.57. The third-order valence-corrected chi connectivity index (χ3v) is 2.84. The van der Waals surface area contributed by atoms with Crippen molar-refractivity contribution >= 4 is 12.0 Å². The number of rotatable bonds is 4. The van der Waals surface area contributed by atoms with Gasteiger partial charge in [0, 0.05) is 22.8 Å². The molecule has 0 amide bonds. The highest BCUT2D eigenvalue weighted by Gasteiger charge is 2.32. The monoisotopic (exact) mass is 326 g/mol. The molecule has 1 N–H and O–H groups in total. The van der Waals surface area contributed by atoms with Gasteiger partial charge in [0.15, 0.2) is 0 Å². The minimum atomic E-state index is -4.91. The lowest BCUT2D eigenvalue weighted by Gasteiger charge is -2.14. The highest BCUT2D eigenvalue weighted by Crippen LogP contribution is 2.35. The van der Waals surface area contributed by atoms with Crippen LogP contribution in [-0.4, -0.2) is 17.4 Å². The lowest BCUT2D eigenvalue weighted by atomic mass is 10.0. The van der Waals surface area contributed by atoms with Crippen molar-refractivity contribution in [3.8, 4) is 16.9 Å². The van der Waals surface area contributed by atoms with Gasteiger partial charge < -0.3 is 9.84 Å². The summed E-state index contributed by atoms with van der Waals surface area (Å²) in [4.78, 5) is 10.5. The second kappa shape index (κ2) is 6.51. The first-order valence-electron chi connectivity index (χ1n) is 6.32. The number of carboxylic acid groups (broad SMARTS) is 1. The predicted octanol–water partition coefficient (Wildman–Crippen LogP) is 4.49. The molecule has 7 heteroatoms. The third-order valence-electron chi connectivity index (χ3n) is 2.84. The maximum Gasteiger partial charge on any atom is 0.573 e. The van der Waals surface area contributed by atoms with E-state index in [2.05, 4.69) is 4.74 Å². The molecule has 0 heterocycles. The van der Waals surface area contributed by atoms with Gasteiger partial charge in [-0.1, -0.05) is 36.4 Å². The number of carboxylic acids is 1. The second-order valence-electron chi connectivity index (χ2n) is 4.42. The van der Waals surface area contributed by atoms with E-state index in [1.807, 2.05) is 0 Å². The summed E-state index contributed by atoms with van der Waals surface area (Å²) in [7, 11) is 0. The minimum absolute atomic E-state index is 0.0632. The Labute approximate surface area is 128 Å². The zero-order valence-corrected chi connectivity index (χ0v) is 11.5. The Morgan fingerprint density at radius 1 is 1.04 bits per heavy atom. The van der Waals surface area contributed by atoms with Crippen LogP contribution in [0.5, 0.6) is 5.75 Å². The number of hydrogen-bond acceptors (Lipinski definition) is 2. The Bertz CT molecular complexity index is 751. The molecule has 0 saturated heterocycles. The van der Waals surface area contributed by atoms with Gasteiger partial charge in [-0.25, -0.2) is 9.18 Å². The molecular weight excluding hydrogens is 316 g/mol. The molecule has 2 aromatic carbocycles. The topological polar surface area (TPSA) is 46.5 Å². The van der Waals surface area contributed by atoms with Crippen LogP contribution in [0.25, 0.3) is 17.2 Å². The van der Waals surface area contributed by atoms with Gasteiger partial charge in [0.2, 0.25) is 0 Å². The van der Waals surface area contributed by atoms with Crippen LogP contribution in [0.3, 0.4) is 0 Å². The van der Waals surface area contributed by atoms with Crippen LogP contribution in [0.4, 0.5) is 17.6 Å². The first-order valence-corrected chi connectivity index (χ1v) is 6.32. The standard InChI is InChI=1S/C16H10F4O3/c17-15-10(8-9-14(21)22)4-3-6-12(15)11-5-1-2-7-13(11)23-16(18,19)20/h1-9H,(H,21,22)/b9-8+. The molecule has 120 valence electrons. The number of hydrogen-bond donors (Lipinski definition) is 1. The summed E-state index contributed by atoms with van der Waals surface area (Å²) in [6.45, 7) is 0. The number of alkyl halides is 3. The van der Waals surface area contributed by atoms with Crippen molar-refractivity contribution in [3.05, 3.63) is 59.9 Å². The van der Waals surface area contributed by atoms with Gasteiger partial charge in [-0.3, -0.25) is 0 Å². The van der Waals surface area contributed by atoms with Crippen LogP contribution >= 0.6 is 0 Å². The van der Waals surface area contributed by atoms with E-state index < -0.39 is 23.9 Å². The second-order valence-corrected chi connectivity index (χ2v) is 4.42. The quantitative estimate of drug-likeness (QED) is 0.665. The Balaban J connectivity index is 2.51. The van der Waals surface area contributed by atoms with Crippen LogP contribution in [0.2, 0.25) is 0 Å². The molecule has 23 heavy (non-hydrogen) atoms. The average molecular weight is 326 g/mol. The van der Waals surface area contributed by atoms with Crippen molar-refractivity contribution in [1.29, 1.82) is 0 Å². The summed E-state index contributed by atoms with van der Waals surface area (Å²) < 4.78 is 55.6. The molecule has 0 aliphatic rings. The van der Waals surface area contributed by atoms with E-state index >= 15 is 0 Å². The number of para-hydroxylation sites is 1. The minimum Gasteiger partial charge on any atom is -0.478 e. The number of aliphatic carboxylic acids is 1. The molecule has 0 radical (unpaired) electrons. The van der Waals surface area contributed by atoms with Gasteiger partial charge in [-0.2, -0.15) is 0 Å². The fourth-order valence-corrected chi connectivity index (χ4v) is 1.95.